The van der Waals surface area contributed by atoms with E-state index >= 15 is 0 Å². The molecule has 0 radical (unpaired) electrons. The highest BCUT2D eigenvalue weighted by molar-refractivity contribution is 6.18. The van der Waals surface area contributed by atoms with Crippen molar-refractivity contribution in [3.05, 3.63) is 174 Å². The smallest absolute Gasteiger partial charge is 0.164 e. The van der Waals surface area contributed by atoms with E-state index in [1.54, 1.807) is 0 Å². The van der Waals surface area contributed by atoms with E-state index in [0.717, 1.165) is 16.7 Å². The van der Waals surface area contributed by atoms with Gasteiger partial charge in [0.25, 0.3) is 0 Å². The van der Waals surface area contributed by atoms with Gasteiger partial charge < -0.3 is 0 Å². The fraction of sp³-hybridized carbons (Fsp3) is 0.0227. The Balaban J connectivity index is 1.18. The average molecular weight is 598 g/mol. The Morgan fingerprint density at radius 3 is 1.60 bits per heavy atom. The first-order valence-electron chi connectivity index (χ1n) is 16.1. The summed E-state index contributed by atoms with van der Waals surface area (Å²) in [4.78, 5) is 15.0. The minimum absolute atomic E-state index is 0.0817. The minimum atomic E-state index is 0.0817. The molecule has 2 aliphatic rings. The minimum Gasteiger partial charge on any atom is -0.208 e. The molecule has 0 bridgehead atoms. The molecule has 1 unspecified atom stereocenters. The summed E-state index contributed by atoms with van der Waals surface area (Å²) < 4.78 is 0. The molecule has 1 heterocycles. The van der Waals surface area contributed by atoms with Crippen LogP contribution >= 0.6 is 0 Å². The number of nitrogens with zero attached hydrogens (tertiary/aromatic N) is 3. The van der Waals surface area contributed by atoms with E-state index in [2.05, 4.69) is 121 Å². The molecule has 1 aromatic heterocycles. The van der Waals surface area contributed by atoms with Crippen LogP contribution in [0.1, 0.15) is 22.6 Å². The lowest BCUT2D eigenvalue weighted by Crippen LogP contribution is -2.03. The summed E-state index contributed by atoms with van der Waals surface area (Å²) in [5, 5.41) is 2.69. The summed E-state index contributed by atoms with van der Waals surface area (Å²) in [6, 6.07) is 56.1. The van der Waals surface area contributed by atoms with Crippen LogP contribution in [-0.4, -0.2) is 15.0 Å². The molecule has 0 fully saturated rings. The summed E-state index contributed by atoms with van der Waals surface area (Å²) in [5.41, 5.74) is 14.8. The molecule has 0 amide bonds. The zero-order valence-electron chi connectivity index (χ0n) is 25.4. The molecule has 10 rings (SSSR count). The normalized spacial score (nSPS) is 13.7. The van der Waals surface area contributed by atoms with Crippen molar-refractivity contribution >= 4 is 10.8 Å². The van der Waals surface area contributed by atoms with E-state index in [9.17, 15) is 0 Å². The first-order chi connectivity index (χ1) is 23.3. The number of fused-ring (bicyclic) bond motifs is 7. The molecular formula is C44H27N3. The predicted molar refractivity (Wildman–Crippen MR) is 191 cm³/mol. The maximum Gasteiger partial charge on any atom is 0.164 e. The van der Waals surface area contributed by atoms with Gasteiger partial charge in [0, 0.05) is 22.6 Å². The Labute approximate surface area is 272 Å². The monoisotopic (exact) mass is 597 g/mol. The second-order valence-electron chi connectivity index (χ2n) is 12.3. The standard InChI is InChI=1S/C44H27N3/c1-3-13-27(14-4-1)42-45-43(28-15-5-2-6-16-28)47-44(46-42)30-18-11-17-29(25-30)39-34-22-10-9-21-33(34)38-26-37-32-20-8-7-19-31(32)35-23-12-24-36(40(35)37)41(38)39/h1-26,39H. The van der Waals surface area contributed by atoms with Gasteiger partial charge in [-0.15, -0.1) is 0 Å². The van der Waals surface area contributed by atoms with Gasteiger partial charge in [-0.25, -0.2) is 15.0 Å². The molecule has 3 nitrogen and oxygen atoms in total. The summed E-state index contributed by atoms with van der Waals surface area (Å²) in [7, 11) is 0. The molecular weight excluding hydrogens is 571 g/mol. The van der Waals surface area contributed by atoms with Crippen molar-refractivity contribution in [3.8, 4) is 67.5 Å². The first-order valence-corrected chi connectivity index (χ1v) is 16.1. The average Bonchev–Trinajstić information content (AvgIpc) is 3.66. The van der Waals surface area contributed by atoms with Crippen molar-refractivity contribution < 1.29 is 0 Å². The number of aromatic nitrogens is 3. The van der Waals surface area contributed by atoms with Gasteiger partial charge in [-0.1, -0.05) is 146 Å². The zero-order valence-corrected chi connectivity index (χ0v) is 25.4. The van der Waals surface area contributed by atoms with Gasteiger partial charge in [-0.3, -0.25) is 0 Å². The van der Waals surface area contributed by atoms with Gasteiger partial charge in [0.15, 0.2) is 17.5 Å². The summed E-state index contributed by atoms with van der Waals surface area (Å²) in [5.74, 6) is 2.08. The molecule has 0 saturated carbocycles. The largest absolute Gasteiger partial charge is 0.208 e. The Morgan fingerprint density at radius 1 is 0.362 bits per heavy atom. The number of benzene rings is 7. The SMILES string of the molecule is c1ccc(-c2nc(-c3ccccc3)nc(-c3cccc(C4c5ccccc5-c5cc6c7c(cccc7c54)-c4ccccc4-6)c3)n2)cc1. The quantitative estimate of drug-likeness (QED) is 0.203. The Kier molecular flexibility index (Phi) is 5.64. The van der Waals surface area contributed by atoms with Crippen LogP contribution in [0.15, 0.2) is 158 Å². The van der Waals surface area contributed by atoms with E-state index < -0.39 is 0 Å². The third-order valence-electron chi connectivity index (χ3n) is 9.74. The Morgan fingerprint density at radius 2 is 0.894 bits per heavy atom. The number of rotatable bonds is 4. The van der Waals surface area contributed by atoms with Crippen LogP contribution in [0.25, 0.3) is 78.3 Å². The van der Waals surface area contributed by atoms with Gasteiger partial charge in [0.2, 0.25) is 0 Å². The van der Waals surface area contributed by atoms with Gasteiger partial charge in [0.1, 0.15) is 0 Å². The van der Waals surface area contributed by atoms with E-state index in [-0.39, 0.29) is 5.92 Å². The van der Waals surface area contributed by atoms with Crippen LogP contribution < -0.4 is 0 Å². The van der Waals surface area contributed by atoms with Crippen LogP contribution in [0.4, 0.5) is 0 Å². The highest BCUT2D eigenvalue weighted by Crippen LogP contribution is 2.56. The lowest BCUT2D eigenvalue weighted by atomic mass is 9.85. The lowest BCUT2D eigenvalue weighted by Gasteiger charge is -2.18. The van der Waals surface area contributed by atoms with Crippen molar-refractivity contribution in [2.24, 2.45) is 0 Å². The van der Waals surface area contributed by atoms with E-state index in [0.29, 0.717) is 17.5 Å². The van der Waals surface area contributed by atoms with Crippen molar-refractivity contribution in [2.45, 2.75) is 5.92 Å². The van der Waals surface area contributed by atoms with Gasteiger partial charge in [0.05, 0.1) is 0 Å². The fourth-order valence-electron chi connectivity index (χ4n) is 7.72. The molecule has 3 heteroatoms. The van der Waals surface area contributed by atoms with Crippen LogP contribution in [0.2, 0.25) is 0 Å². The van der Waals surface area contributed by atoms with E-state index in [4.69, 9.17) is 15.0 Å². The van der Waals surface area contributed by atoms with Crippen LogP contribution in [0.5, 0.6) is 0 Å². The maximum atomic E-state index is 5.04. The van der Waals surface area contributed by atoms with Gasteiger partial charge in [-0.05, 0) is 73.0 Å². The molecule has 0 spiro atoms. The van der Waals surface area contributed by atoms with Crippen molar-refractivity contribution in [2.75, 3.05) is 0 Å². The maximum absolute atomic E-state index is 5.04. The van der Waals surface area contributed by atoms with E-state index in [1.807, 2.05) is 36.4 Å². The Bertz CT molecular complexity index is 2460. The van der Waals surface area contributed by atoms with Crippen molar-refractivity contribution in [3.63, 3.8) is 0 Å². The van der Waals surface area contributed by atoms with Crippen molar-refractivity contribution in [1.29, 1.82) is 0 Å². The highest BCUT2D eigenvalue weighted by Gasteiger charge is 2.35. The lowest BCUT2D eigenvalue weighted by molar-refractivity contribution is 1.02. The van der Waals surface area contributed by atoms with Crippen LogP contribution in [0, 0.1) is 0 Å². The number of hydrogen-bond acceptors (Lipinski definition) is 3. The second-order valence-corrected chi connectivity index (χ2v) is 12.3. The fourth-order valence-corrected chi connectivity index (χ4v) is 7.72. The molecule has 0 saturated heterocycles. The Hall–Kier alpha value is -6.19. The van der Waals surface area contributed by atoms with Gasteiger partial charge in [-0.2, -0.15) is 0 Å². The zero-order chi connectivity index (χ0) is 30.9. The summed E-state index contributed by atoms with van der Waals surface area (Å²) in [6.45, 7) is 0. The predicted octanol–water partition coefficient (Wildman–Crippen LogP) is 10.8. The van der Waals surface area contributed by atoms with E-state index in [1.165, 1.54) is 60.8 Å². The number of hydrogen-bond donors (Lipinski definition) is 0. The molecule has 7 aromatic carbocycles. The molecule has 47 heavy (non-hydrogen) atoms. The summed E-state index contributed by atoms with van der Waals surface area (Å²) in [6.07, 6.45) is 0. The summed E-state index contributed by atoms with van der Waals surface area (Å²) >= 11 is 0. The van der Waals surface area contributed by atoms with Crippen LogP contribution in [0.3, 0.4) is 0 Å². The highest BCUT2D eigenvalue weighted by atomic mass is 15.0. The third kappa shape index (κ3) is 3.96. The van der Waals surface area contributed by atoms with Crippen LogP contribution in [-0.2, 0) is 0 Å². The first kappa shape index (κ1) is 26.1. The molecule has 2 aliphatic carbocycles. The topological polar surface area (TPSA) is 38.7 Å². The molecule has 1 atom stereocenters. The molecule has 0 N–H and O–H groups in total. The third-order valence-corrected chi connectivity index (χ3v) is 9.74. The molecule has 218 valence electrons. The van der Waals surface area contributed by atoms with Crippen molar-refractivity contribution in [1.82, 2.24) is 15.0 Å². The molecule has 0 aliphatic heterocycles. The second kappa shape index (κ2) is 10.2. The molecule has 8 aromatic rings. The van der Waals surface area contributed by atoms with Gasteiger partial charge >= 0.3 is 0 Å².